The standard InChI is InChI=1S/C17H23N5O3/c1-24-10-5-11-25-14-7-3-2-6-13(14)19-17(23)18-12-16-21-20-15-8-4-9-22(15)16/h2-3,6-7H,4-5,8-12H2,1H3,(H2,18,19,23). The van der Waals surface area contributed by atoms with Gasteiger partial charge in [0.05, 0.1) is 18.8 Å². The lowest BCUT2D eigenvalue weighted by molar-refractivity contribution is 0.172. The van der Waals surface area contributed by atoms with E-state index in [1.807, 2.05) is 18.2 Å². The van der Waals surface area contributed by atoms with Crippen LogP contribution < -0.4 is 15.4 Å². The lowest BCUT2D eigenvalue weighted by atomic mass is 10.3. The summed E-state index contributed by atoms with van der Waals surface area (Å²) in [6.07, 6.45) is 2.82. The van der Waals surface area contributed by atoms with Gasteiger partial charge < -0.3 is 24.7 Å². The fourth-order valence-corrected chi connectivity index (χ4v) is 2.75. The molecule has 1 aromatic heterocycles. The highest BCUT2D eigenvalue weighted by atomic mass is 16.5. The summed E-state index contributed by atoms with van der Waals surface area (Å²) in [5.74, 6) is 2.41. The number of hydrogen-bond acceptors (Lipinski definition) is 5. The second-order valence-electron chi connectivity index (χ2n) is 5.79. The summed E-state index contributed by atoms with van der Waals surface area (Å²) in [4.78, 5) is 12.2. The second-order valence-corrected chi connectivity index (χ2v) is 5.79. The van der Waals surface area contributed by atoms with E-state index in [9.17, 15) is 4.79 Å². The summed E-state index contributed by atoms with van der Waals surface area (Å²) in [5, 5.41) is 13.9. The molecular weight excluding hydrogens is 322 g/mol. The topological polar surface area (TPSA) is 90.3 Å². The first-order valence-corrected chi connectivity index (χ1v) is 8.44. The average molecular weight is 345 g/mol. The van der Waals surface area contributed by atoms with Gasteiger partial charge in [0.1, 0.15) is 11.6 Å². The first-order chi connectivity index (χ1) is 12.3. The molecule has 134 valence electrons. The molecule has 1 aliphatic heterocycles. The van der Waals surface area contributed by atoms with E-state index in [1.165, 1.54) is 0 Å². The summed E-state index contributed by atoms with van der Waals surface area (Å²) in [7, 11) is 1.66. The van der Waals surface area contributed by atoms with Crippen LogP contribution in [-0.4, -0.2) is 41.1 Å². The Kier molecular flexibility index (Phi) is 5.84. The first-order valence-electron chi connectivity index (χ1n) is 8.44. The van der Waals surface area contributed by atoms with Crippen LogP contribution >= 0.6 is 0 Å². The van der Waals surface area contributed by atoms with Gasteiger partial charge in [-0.3, -0.25) is 0 Å². The van der Waals surface area contributed by atoms with Gasteiger partial charge in [-0.25, -0.2) is 4.79 Å². The molecule has 0 saturated heterocycles. The first kappa shape index (κ1) is 17.2. The molecule has 3 rings (SSSR count). The van der Waals surface area contributed by atoms with Crippen LogP contribution in [0.25, 0.3) is 0 Å². The largest absolute Gasteiger partial charge is 0.491 e. The minimum absolute atomic E-state index is 0.303. The van der Waals surface area contributed by atoms with E-state index >= 15 is 0 Å². The number of rotatable bonds is 8. The molecule has 0 bridgehead atoms. The van der Waals surface area contributed by atoms with Crippen molar-refractivity contribution in [2.75, 3.05) is 25.6 Å². The normalized spacial score (nSPS) is 12.7. The van der Waals surface area contributed by atoms with Gasteiger partial charge in [-0.2, -0.15) is 0 Å². The second kappa shape index (κ2) is 8.48. The van der Waals surface area contributed by atoms with Crippen molar-refractivity contribution >= 4 is 11.7 Å². The minimum Gasteiger partial charge on any atom is -0.491 e. The number of urea groups is 1. The Morgan fingerprint density at radius 2 is 2.16 bits per heavy atom. The molecule has 0 spiro atoms. The van der Waals surface area contributed by atoms with E-state index in [0.29, 0.717) is 31.2 Å². The van der Waals surface area contributed by atoms with Crippen LogP contribution in [0.3, 0.4) is 0 Å². The number of amides is 2. The molecular formula is C17H23N5O3. The van der Waals surface area contributed by atoms with Gasteiger partial charge in [-0.15, -0.1) is 10.2 Å². The molecule has 2 aromatic rings. The van der Waals surface area contributed by atoms with Gasteiger partial charge in [0.15, 0.2) is 5.82 Å². The highest BCUT2D eigenvalue weighted by molar-refractivity contribution is 5.90. The molecule has 25 heavy (non-hydrogen) atoms. The number of carbonyl (C=O) groups is 1. The Bertz CT molecular complexity index is 716. The monoisotopic (exact) mass is 345 g/mol. The molecule has 2 N–H and O–H groups in total. The van der Waals surface area contributed by atoms with Gasteiger partial charge in [0.25, 0.3) is 0 Å². The zero-order chi connectivity index (χ0) is 17.5. The molecule has 0 unspecified atom stereocenters. The maximum Gasteiger partial charge on any atom is 0.319 e. The van der Waals surface area contributed by atoms with E-state index in [4.69, 9.17) is 9.47 Å². The number of benzene rings is 1. The lowest BCUT2D eigenvalue weighted by Gasteiger charge is -2.13. The number of fused-ring (bicyclic) bond motifs is 1. The van der Waals surface area contributed by atoms with Crippen molar-refractivity contribution < 1.29 is 14.3 Å². The van der Waals surface area contributed by atoms with Gasteiger partial charge >= 0.3 is 6.03 Å². The summed E-state index contributed by atoms with van der Waals surface area (Å²) in [6, 6.07) is 7.05. The Balaban J connectivity index is 1.52. The van der Waals surface area contributed by atoms with Crippen molar-refractivity contribution in [1.82, 2.24) is 20.1 Å². The fraction of sp³-hybridized carbons (Fsp3) is 0.471. The minimum atomic E-state index is -0.303. The average Bonchev–Trinajstić information content (AvgIpc) is 3.22. The molecule has 8 nitrogen and oxygen atoms in total. The number of ether oxygens (including phenoxy) is 2. The Morgan fingerprint density at radius 3 is 3.04 bits per heavy atom. The number of nitrogens with one attached hydrogen (secondary N) is 2. The van der Waals surface area contributed by atoms with Gasteiger partial charge in [0, 0.05) is 33.1 Å². The van der Waals surface area contributed by atoms with E-state index in [1.54, 1.807) is 13.2 Å². The molecule has 0 fully saturated rings. The fourth-order valence-electron chi connectivity index (χ4n) is 2.75. The molecule has 2 amide bonds. The maximum atomic E-state index is 12.2. The third kappa shape index (κ3) is 4.48. The van der Waals surface area contributed by atoms with Gasteiger partial charge in [0.2, 0.25) is 0 Å². The summed E-state index contributed by atoms with van der Waals surface area (Å²) in [6.45, 7) is 2.42. The van der Waals surface area contributed by atoms with Crippen molar-refractivity contribution in [2.45, 2.75) is 32.4 Å². The van der Waals surface area contributed by atoms with Crippen molar-refractivity contribution in [2.24, 2.45) is 0 Å². The number of carbonyl (C=O) groups excluding carboxylic acids is 1. The van der Waals surface area contributed by atoms with Crippen LogP contribution in [0.4, 0.5) is 10.5 Å². The number of hydrogen-bond donors (Lipinski definition) is 2. The number of para-hydroxylation sites is 2. The number of nitrogens with zero attached hydrogens (tertiary/aromatic N) is 3. The Hall–Kier alpha value is -2.61. The lowest BCUT2D eigenvalue weighted by Crippen LogP contribution is -2.29. The highest BCUT2D eigenvalue weighted by Gasteiger charge is 2.17. The molecule has 2 heterocycles. The zero-order valence-corrected chi connectivity index (χ0v) is 14.3. The Morgan fingerprint density at radius 1 is 1.28 bits per heavy atom. The van der Waals surface area contributed by atoms with Crippen molar-refractivity contribution in [1.29, 1.82) is 0 Å². The van der Waals surface area contributed by atoms with Crippen molar-refractivity contribution in [3.05, 3.63) is 35.9 Å². The van der Waals surface area contributed by atoms with Crippen molar-refractivity contribution in [3.63, 3.8) is 0 Å². The number of anilines is 1. The summed E-state index contributed by atoms with van der Waals surface area (Å²) in [5.41, 5.74) is 0.629. The van der Waals surface area contributed by atoms with Crippen molar-refractivity contribution in [3.8, 4) is 5.75 Å². The SMILES string of the molecule is COCCCOc1ccccc1NC(=O)NCc1nnc2n1CCC2. The van der Waals surface area contributed by atoms with Crippen LogP contribution in [0.15, 0.2) is 24.3 Å². The summed E-state index contributed by atoms with van der Waals surface area (Å²) >= 11 is 0. The van der Waals surface area contributed by atoms with E-state index in [-0.39, 0.29) is 6.03 Å². The molecule has 1 aromatic carbocycles. The van der Waals surface area contributed by atoms with E-state index in [0.717, 1.165) is 37.5 Å². The predicted octanol–water partition coefficient (Wildman–Crippen LogP) is 1.96. The third-order valence-electron chi connectivity index (χ3n) is 3.98. The molecule has 0 aliphatic carbocycles. The number of methoxy groups -OCH3 is 1. The van der Waals surface area contributed by atoms with Gasteiger partial charge in [-0.1, -0.05) is 12.1 Å². The smallest absolute Gasteiger partial charge is 0.319 e. The third-order valence-corrected chi connectivity index (χ3v) is 3.98. The van der Waals surface area contributed by atoms with Crippen LogP contribution in [0.1, 0.15) is 24.5 Å². The zero-order valence-electron chi connectivity index (χ0n) is 14.3. The molecule has 0 atom stereocenters. The summed E-state index contributed by atoms with van der Waals surface area (Å²) < 4.78 is 12.8. The maximum absolute atomic E-state index is 12.2. The molecule has 0 radical (unpaired) electrons. The molecule has 0 saturated carbocycles. The van der Waals surface area contributed by atoms with E-state index < -0.39 is 0 Å². The number of aryl methyl sites for hydroxylation is 1. The predicted molar refractivity (Wildman–Crippen MR) is 92.6 cm³/mol. The van der Waals surface area contributed by atoms with E-state index in [2.05, 4.69) is 25.4 Å². The van der Waals surface area contributed by atoms with Crippen LogP contribution in [0, 0.1) is 0 Å². The van der Waals surface area contributed by atoms with Gasteiger partial charge in [-0.05, 0) is 18.6 Å². The number of aromatic nitrogens is 3. The van der Waals surface area contributed by atoms with Crippen LogP contribution in [-0.2, 0) is 24.2 Å². The highest BCUT2D eigenvalue weighted by Crippen LogP contribution is 2.23. The molecule has 1 aliphatic rings. The van der Waals surface area contributed by atoms with Crippen LogP contribution in [0.5, 0.6) is 5.75 Å². The van der Waals surface area contributed by atoms with Crippen LogP contribution in [0.2, 0.25) is 0 Å². The molecule has 8 heteroatoms. The quantitative estimate of drug-likeness (QED) is 0.714. The Labute approximate surface area is 146 Å².